The minimum Gasteiger partial charge on any atom is -0.323 e. The Morgan fingerprint density at radius 2 is 2.00 bits per heavy atom. The second-order valence-electron chi connectivity index (χ2n) is 6.43. The Labute approximate surface area is 127 Å². The lowest BCUT2D eigenvalue weighted by Gasteiger charge is -2.39. The summed E-state index contributed by atoms with van der Waals surface area (Å²) in [7, 11) is 0. The predicted octanol–water partition coefficient (Wildman–Crippen LogP) is 2.61. The molecule has 3 rings (SSSR count). The van der Waals surface area contributed by atoms with Crippen molar-refractivity contribution in [3.8, 4) is 0 Å². The van der Waals surface area contributed by atoms with E-state index in [9.17, 15) is 0 Å². The summed E-state index contributed by atoms with van der Waals surface area (Å²) < 4.78 is 0. The SMILES string of the molecule is C=CC1=C(C=C)[C@H](/C(C=C)=C/C)N(NC23CC2(N)C3)CC1. The number of nitrogens with two attached hydrogens (primary N) is 1. The van der Waals surface area contributed by atoms with Crippen molar-refractivity contribution in [1.29, 1.82) is 0 Å². The molecular formula is C18H25N3. The lowest BCUT2D eigenvalue weighted by molar-refractivity contribution is 0.138. The van der Waals surface area contributed by atoms with E-state index in [-0.39, 0.29) is 17.1 Å². The Morgan fingerprint density at radius 3 is 2.43 bits per heavy atom. The fourth-order valence-corrected chi connectivity index (χ4v) is 3.59. The molecule has 0 aromatic carbocycles. The van der Waals surface area contributed by atoms with E-state index in [1.807, 2.05) is 18.2 Å². The molecular weight excluding hydrogens is 258 g/mol. The highest BCUT2D eigenvalue weighted by molar-refractivity contribution is 5.47. The maximum atomic E-state index is 6.23. The van der Waals surface area contributed by atoms with Crippen molar-refractivity contribution in [2.75, 3.05) is 6.54 Å². The summed E-state index contributed by atoms with van der Waals surface area (Å²) in [5.41, 5.74) is 13.8. The molecule has 0 aromatic heterocycles. The van der Waals surface area contributed by atoms with E-state index in [4.69, 9.17) is 5.73 Å². The lowest BCUT2D eigenvalue weighted by Crippen LogP contribution is -2.53. The summed E-state index contributed by atoms with van der Waals surface area (Å²) in [5.74, 6) is 0. The molecule has 3 aliphatic rings. The fourth-order valence-electron chi connectivity index (χ4n) is 3.59. The molecule has 1 atom stereocenters. The highest BCUT2D eigenvalue weighted by Gasteiger charge is 2.82. The standard InChI is InChI=1S/C18H25N3/c1-5-13(6-2)16-15(8-4)14(7-3)9-10-21(16)20-18-11-17(18,19)12-18/h5-8,16,20H,1,3-4,9-12,19H2,2H3/b13-6+/t16-,17?,18?/m0/s1. The molecule has 2 fully saturated rings. The van der Waals surface area contributed by atoms with Crippen LogP contribution in [-0.4, -0.2) is 28.7 Å². The normalized spacial score (nSPS) is 38.8. The number of rotatable bonds is 6. The molecule has 0 bridgehead atoms. The first kappa shape index (κ1) is 14.5. The molecule has 0 spiro atoms. The predicted molar refractivity (Wildman–Crippen MR) is 88.5 cm³/mol. The van der Waals surface area contributed by atoms with E-state index in [1.54, 1.807) is 0 Å². The lowest BCUT2D eigenvalue weighted by atomic mass is 9.88. The molecule has 0 aromatic rings. The van der Waals surface area contributed by atoms with Gasteiger partial charge in [0.1, 0.15) is 0 Å². The van der Waals surface area contributed by atoms with Gasteiger partial charge in [-0.05, 0) is 42.9 Å². The van der Waals surface area contributed by atoms with Gasteiger partial charge in [-0.2, -0.15) is 0 Å². The third-order valence-corrected chi connectivity index (χ3v) is 5.25. The zero-order valence-corrected chi connectivity index (χ0v) is 12.9. The maximum Gasteiger partial charge on any atom is 0.0742 e. The van der Waals surface area contributed by atoms with E-state index >= 15 is 0 Å². The molecule has 21 heavy (non-hydrogen) atoms. The number of hydrazine groups is 1. The summed E-state index contributed by atoms with van der Waals surface area (Å²) in [4.78, 5) is 0. The van der Waals surface area contributed by atoms with Gasteiger partial charge in [0.2, 0.25) is 0 Å². The molecule has 0 amide bonds. The quantitative estimate of drug-likeness (QED) is 0.736. The minimum absolute atomic E-state index is 0.0542. The van der Waals surface area contributed by atoms with Crippen molar-refractivity contribution in [3.05, 3.63) is 60.8 Å². The Hall–Kier alpha value is -1.42. The second-order valence-corrected chi connectivity index (χ2v) is 6.43. The number of allylic oxidation sites excluding steroid dienone is 2. The first-order chi connectivity index (χ1) is 10.0. The largest absolute Gasteiger partial charge is 0.323 e. The molecule has 112 valence electrons. The van der Waals surface area contributed by atoms with Crippen LogP contribution in [0.2, 0.25) is 0 Å². The number of nitrogens with zero attached hydrogens (tertiary/aromatic N) is 1. The van der Waals surface area contributed by atoms with Crippen LogP contribution in [0.5, 0.6) is 0 Å². The topological polar surface area (TPSA) is 41.3 Å². The maximum absolute atomic E-state index is 6.23. The van der Waals surface area contributed by atoms with Gasteiger partial charge in [-0.3, -0.25) is 0 Å². The van der Waals surface area contributed by atoms with Crippen molar-refractivity contribution in [1.82, 2.24) is 10.4 Å². The fraction of sp³-hybridized carbons (Fsp3) is 0.444. The van der Waals surface area contributed by atoms with Crippen LogP contribution in [0, 0.1) is 0 Å². The van der Waals surface area contributed by atoms with E-state index in [2.05, 4.69) is 43.2 Å². The van der Waals surface area contributed by atoms with Crippen LogP contribution in [0.3, 0.4) is 0 Å². The highest BCUT2D eigenvalue weighted by Crippen LogP contribution is 2.68. The zero-order valence-electron chi connectivity index (χ0n) is 12.9. The smallest absolute Gasteiger partial charge is 0.0742 e. The highest BCUT2D eigenvalue weighted by atomic mass is 15.6. The molecule has 0 radical (unpaired) electrons. The van der Waals surface area contributed by atoms with Gasteiger partial charge in [-0.15, -0.1) is 0 Å². The molecule has 2 aliphatic carbocycles. The average molecular weight is 283 g/mol. The van der Waals surface area contributed by atoms with Gasteiger partial charge >= 0.3 is 0 Å². The molecule has 0 saturated heterocycles. The van der Waals surface area contributed by atoms with Crippen molar-refractivity contribution in [2.24, 2.45) is 5.73 Å². The molecule has 1 aliphatic heterocycles. The molecule has 2 saturated carbocycles. The summed E-state index contributed by atoms with van der Waals surface area (Å²) in [6.45, 7) is 14.9. The third-order valence-electron chi connectivity index (χ3n) is 5.25. The van der Waals surface area contributed by atoms with Gasteiger partial charge < -0.3 is 5.73 Å². The van der Waals surface area contributed by atoms with Crippen molar-refractivity contribution < 1.29 is 0 Å². The minimum atomic E-state index is 0.0542. The number of nitrogens with one attached hydrogen (secondary N) is 1. The van der Waals surface area contributed by atoms with Crippen LogP contribution in [-0.2, 0) is 0 Å². The van der Waals surface area contributed by atoms with Crippen LogP contribution in [0.1, 0.15) is 26.2 Å². The van der Waals surface area contributed by atoms with E-state index in [1.165, 1.54) is 16.7 Å². The average Bonchev–Trinajstić information content (AvgIpc) is 3.24. The second kappa shape index (κ2) is 4.80. The summed E-state index contributed by atoms with van der Waals surface area (Å²) >= 11 is 0. The van der Waals surface area contributed by atoms with Crippen LogP contribution in [0.4, 0.5) is 0 Å². The number of hydrogen-bond donors (Lipinski definition) is 2. The van der Waals surface area contributed by atoms with Gasteiger partial charge in [0.25, 0.3) is 0 Å². The van der Waals surface area contributed by atoms with Gasteiger partial charge in [0.15, 0.2) is 0 Å². The summed E-state index contributed by atoms with van der Waals surface area (Å²) in [6, 6.07) is 0.145. The summed E-state index contributed by atoms with van der Waals surface area (Å²) in [5, 5.41) is 2.32. The van der Waals surface area contributed by atoms with Gasteiger partial charge in [-0.25, -0.2) is 10.4 Å². The van der Waals surface area contributed by atoms with Crippen molar-refractivity contribution >= 4 is 0 Å². The Kier molecular flexibility index (Phi) is 3.32. The zero-order chi connectivity index (χ0) is 15.3. The van der Waals surface area contributed by atoms with Crippen LogP contribution >= 0.6 is 0 Å². The van der Waals surface area contributed by atoms with E-state index in [0.29, 0.717) is 0 Å². The van der Waals surface area contributed by atoms with E-state index < -0.39 is 0 Å². The van der Waals surface area contributed by atoms with Crippen molar-refractivity contribution in [3.63, 3.8) is 0 Å². The van der Waals surface area contributed by atoms with Crippen LogP contribution < -0.4 is 11.2 Å². The van der Waals surface area contributed by atoms with Crippen LogP contribution in [0.25, 0.3) is 0 Å². The van der Waals surface area contributed by atoms with Gasteiger partial charge in [0.05, 0.1) is 11.6 Å². The monoisotopic (exact) mass is 283 g/mol. The Bertz CT molecular complexity index is 561. The Morgan fingerprint density at radius 1 is 1.33 bits per heavy atom. The molecule has 1 heterocycles. The molecule has 3 nitrogen and oxygen atoms in total. The summed E-state index contributed by atoms with van der Waals surface area (Å²) in [6.07, 6.45) is 11.1. The van der Waals surface area contributed by atoms with Gasteiger partial charge in [0, 0.05) is 12.1 Å². The van der Waals surface area contributed by atoms with Gasteiger partial charge in [-0.1, -0.05) is 44.0 Å². The number of hydrogen-bond acceptors (Lipinski definition) is 3. The molecule has 3 N–H and O–H groups in total. The van der Waals surface area contributed by atoms with Crippen LogP contribution in [0.15, 0.2) is 60.8 Å². The molecule has 0 unspecified atom stereocenters. The molecule has 3 heteroatoms. The first-order valence-corrected chi connectivity index (χ1v) is 7.64. The first-order valence-electron chi connectivity index (χ1n) is 7.64. The number of fused-ring (bicyclic) bond motifs is 1. The third kappa shape index (κ3) is 2.08. The van der Waals surface area contributed by atoms with Crippen molar-refractivity contribution in [2.45, 2.75) is 43.3 Å². The Balaban J connectivity index is 1.92. The van der Waals surface area contributed by atoms with E-state index in [0.717, 1.165) is 25.8 Å².